The first-order valence-corrected chi connectivity index (χ1v) is 14.3. The number of aliphatic hydroxyl groups excluding tert-OH is 1. The number of esters is 1. The number of methoxy groups -OCH3 is 1. The molecule has 1 aliphatic rings. The molecule has 0 radical (unpaired) electrons. The van der Waals surface area contributed by atoms with Gasteiger partial charge in [0.15, 0.2) is 17.7 Å². The minimum Gasteiger partial charge on any atom is -0.490 e. The molecule has 0 saturated carbocycles. The molecule has 2 amide bonds. The fourth-order valence-electron chi connectivity index (χ4n) is 4.30. The third-order valence-corrected chi connectivity index (χ3v) is 6.80. The van der Waals surface area contributed by atoms with Crippen molar-refractivity contribution in [3.63, 3.8) is 0 Å². The molecule has 12 heteroatoms. The summed E-state index contributed by atoms with van der Waals surface area (Å²) in [5.41, 5.74) is 5.65. The maximum Gasteiger partial charge on any atom is 0.337 e. The average molecular weight is 654 g/mol. The number of ether oxygens (including phenoxy) is 4. The van der Waals surface area contributed by atoms with Crippen molar-refractivity contribution in [1.29, 1.82) is 0 Å². The number of nitrogens with zero attached hydrogens (tertiary/aromatic N) is 1. The van der Waals surface area contributed by atoms with E-state index in [1.807, 2.05) is 55.5 Å². The molecule has 43 heavy (non-hydrogen) atoms. The van der Waals surface area contributed by atoms with Gasteiger partial charge in [0, 0.05) is 15.7 Å². The van der Waals surface area contributed by atoms with E-state index in [4.69, 9.17) is 18.9 Å². The van der Waals surface area contributed by atoms with E-state index in [9.17, 15) is 14.7 Å². The predicted molar refractivity (Wildman–Crippen MR) is 164 cm³/mol. The summed E-state index contributed by atoms with van der Waals surface area (Å²) in [6, 6.07) is 19.2. The van der Waals surface area contributed by atoms with Gasteiger partial charge in [-0.05, 0) is 55.3 Å². The zero-order chi connectivity index (χ0) is 30.8. The zero-order valence-corrected chi connectivity index (χ0v) is 25.5. The van der Waals surface area contributed by atoms with E-state index in [1.54, 1.807) is 31.3 Å². The highest BCUT2D eigenvalue weighted by molar-refractivity contribution is 9.10. The van der Waals surface area contributed by atoms with Gasteiger partial charge in [0.1, 0.15) is 19.0 Å². The standard InChI is InChI=1S/C31H33BrN4O7/c1-4-41-26-15-21(29-28(30(38)40-3)19(2)34-31(39)35-29)10-12-25(26)43-18-27(37)36-33-16-22-14-23(32)11-13-24(22)42-17-20-8-6-5-7-9-20/h5-16,27,29,36-37H,4,17-18H2,1-3H3,(H2,34,35,39)/b33-16-/t27-,29+/m0/s1. The Kier molecular flexibility index (Phi) is 11.0. The van der Waals surface area contributed by atoms with Crippen molar-refractivity contribution in [3.05, 3.63) is 99.2 Å². The Bertz CT molecular complexity index is 1500. The minimum absolute atomic E-state index is 0.150. The number of halogens is 1. The van der Waals surface area contributed by atoms with Crippen LogP contribution in [0.2, 0.25) is 0 Å². The molecule has 0 bridgehead atoms. The highest BCUT2D eigenvalue weighted by Gasteiger charge is 2.32. The number of carbonyl (C=O) groups is 2. The first-order chi connectivity index (χ1) is 20.8. The second-order valence-corrected chi connectivity index (χ2v) is 10.3. The van der Waals surface area contributed by atoms with E-state index in [0.717, 1.165) is 10.0 Å². The molecule has 0 aromatic heterocycles. The fourth-order valence-corrected chi connectivity index (χ4v) is 4.68. The van der Waals surface area contributed by atoms with Crippen molar-refractivity contribution in [2.45, 2.75) is 32.7 Å². The van der Waals surface area contributed by atoms with Crippen molar-refractivity contribution in [3.8, 4) is 17.2 Å². The molecule has 0 unspecified atom stereocenters. The van der Waals surface area contributed by atoms with Gasteiger partial charge in [0.05, 0.1) is 31.5 Å². The fraction of sp³-hybridized carbons (Fsp3) is 0.258. The Morgan fingerprint density at radius 3 is 2.58 bits per heavy atom. The van der Waals surface area contributed by atoms with E-state index >= 15 is 0 Å². The number of hydrazone groups is 1. The molecule has 0 spiro atoms. The summed E-state index contributed by atoms with van der Waals surface area (Å²) >= 11 is 3.47. The van der Waals surface area contributed by atoms with E-state index in [1.165, 1.54) is 7.11 Å². The molecule has 11 nitrogen and oxygen atoms in total. The third kappa shape index (κ3) is 8.49. The molecular weight excluding hydrogens is 620 g/mol. The van der Waals surface area contributed by atoms with Crippen molar-refractivity contribution in [1.82, 2.24) is 16.1 Å². The summed E-state index contributed by atoms with van der Waals surface area (Å²) in [6.45, 7) is 4.03. The van der Waals surface area contributed by atoms with E-state index in [0.29, 0.717) is 47.3 Å². The highest BCUT2D eigenvalue weighted by atomic mass is 79.9. The molecule has 3 aromatic carbocycles. The Morgan fingerprint density at radius 1 is 1.07 bits per heavy atom. The maximum atomic E-state index is 12.4. The van der Waals surface area contributed by atoms with Crippen molar-refractivity contribution >= 4 is 34.1 Å². The lowest BCUT2D eigenvalue weighted by Crippen LogP contribution is -2.45. The number of nitrogens with one attached hydrogen (secondary N) is 3. The van der Waals surface area contributed by atoms with E-state index in [2.05, 4.69) is 37.1 Å². The Morgan fingerprint density at radius 2 is 1.84 bits per heavy atom. The van der Waals surface area contributed by atoms with Crippen LogP contribution in [-0.4, -0.2) is 49.9 Å². The number of amides is 2. The summed E-state index contributed by atoms with van der Waals surface area (Å²) < 4.78 is 23.3. The lowest BCUT2D eigenvalue weighted by Gasteiger charge is -2.28. The van der Waals surface area contributed by atoms with Gasteiger partial charge in [-0.2, -0.15) is 5.10 Å². The van der Waals surface area contributed by atoms with Crippen LogP contribution >= 0.6 is 15.9 Å². The second-order valence-electron chi connectivity index (χ2n) is 9.37. The van der Waals surface area contributed by atoms with Crippen molar-refractivity contribution in [2.24, 2.45) is 5.10 Å². The normalized spacial score (nSPS) is 15.4. The summed E-state index contributed by atoms with van der Waals surface area (Å²) in [7, 11) is 1.28. The van der Waals surface area contributed by atoms with Gasteiger partial charge in [-0.15, -0.1) is 0 Å². The van der Waals surface area contributed by atoms with Crippen molar-refractivity contribution < 1.29 is 33.6 Å². The highest BCUT2D eigenvalue weighted by Crippen LogP contribution is 2.35. The minimum atomic E-state index is -1.15. The molecule has 4 rings (SSSR count). The lowest BCUT2D eigenvalue weighted by molar-refractivity contribution is -0.136. The van der Waals surface area contributed by atoms with Gasteiger partial charge in [0.25, 0.3) is 0 Å². The van der Waals surface area contributed by atoms with Crippen LogP contribution in [0.4, 0.5) is 4.79 Å². The number of urea groups is 1. The number of carbonyl (C=O) groups excluding carboxylic acids is 2. The van der Waals surface area contributed by atoms with Crippen LogP contribution in [0, 0.1) is 0 Å². The summed E-state index contributed by atoms with van der Waals surface area (Å²) in [6.07, 6.45) is 0.405. The number of hydrogen-bond donors (Lipinski definition) is 4. The van der Waals surface area contributed by atoms with Crippen LogP contribution in [0.1, 0.15) is 36.6 Å². The monoisotopic (exact) mass is 652 g/mol. The van der Waals surface area contributed by atoms with E-state index in [-0.39, 0.29) is 12.2 Å². The summed E-state index contributed by atoms with van der Waals surface area (Å²) in [5, 5.41) is 20.0. The first-order valence-electron chi connectivity index (χ1n) is 13.5. The lowest BCUT2D eigenvalue weighted by atomic mass is 9.95. The number of allylic oxidation sites excluding steroid dienone is 1. The van der Waals surface area contributed by atoms with Gasteiger partial charge >= 0.3 is 12.0 Å². The van der Waals surface area contributed by atoms with E-state index < -0.39 is 24.3 Å². The van der Waals surface area contributed by atoms with Crippen LogP contribution in [0.3, 0.4) is 0 Å². The number of benzene rings is 3. The largest absolute Gasteiger partial charge is 0.490 e. The number of aliphatic hydroxyl groups is 1. The Balaban J connectivity index is 1.40. The molecule has 0 aliphatic carbocycles. The van der Waals surface area contributed by atoms with Crippen LogP contribution in [0.5, 0.6) is 17.2 Å². The molecule has 1 heterocycles. The average Bonchev–Trinajstić information content (AvgIpc) is 3.00. The van der Waals surface area contributed by atoms with Crippen LogP contribution in [0.25, 0.3) is 0 Å². The van der Waals surface area contributed by atoms with Crippen LogP contribution in [0.15, 0.2) is 87.6 Å². The maximum absolute atomic E-state index is 12.4. The van der Waals surface area contributed by atoms with Crippen LogP contribution in [-0.2, 0) is 16.1 Å². The molecule has 0 saturated heterocycles. The summed E-state index contributed by atoms with van der Waals surface area (Å²) in [4.78, 5) is 24.6. The molecule has 3 aromatic rings. The predicted octanol–water partition coefficient (Wildman–Crippen LogP) is 4.55. The molecule has 2 atom stereocenters. The molecular formula is C31H33BrN4O7. The molecule has 4 N–H and O–H groups in total. The van der Waals surface area contributed by atoms with Gasteiger partial charge in [-0.25, -0.2) is 9.59 Å². The Hall–Kier alpha value is -4.55. The van der Waals surface area contributed by atoms with Gasteiger partial charge < -0.3 is 34.7 Å². The molecule has 1 aliphatic heterocycles. The SMILES string of the molecule is CCOc1cc([C@H]2NC(=O)NC(C)=C2C(=O)OC)ccc1OC[C@H](O)N/N=C\c1cc(Br)ccc1OCc1ccccc1. The zero-order valence-electron chi connectivity index (χ0n) is 23.9. The summed E-state index contributed by atoms with van der Waals surface area (Å²) in [5.74, 6) is 0.801. The first kappa shape index (κ1) is 31.4. The quantitative estimate of drug-likeness (QED) is 0.0913. The number of rotatable bonds is 13. The van der Waals surface area contributed by atoms with Gasteiger partial charge in [-0.1, -0.05) is 52.3 Å². The van der Waals surface area contributed by atoms with Crippen LogP contribution < -0.4 is 30.3 Å². The van der Waals surface area contributed by atoms with Gasteiger partial charge in [0.2, 0.25) is 0 Å². The smallest absolute Gasteiger partial charge is 0.337 e. The second kappa shape index (κ2) is 15.1. The Labute approximate surface area is 258 Å². The van der Waals surface area contributed by atoms with Gasteiger partial charge in [-0.3, -0.25) is 5.43 Å². The topological polar surface area (TPSA) is 140 Å². The van der Waals surface area contributed by atoms with Crippen molar-refractivity contribution in [2.75, 3.05) is 20.3 Å². The molecule has 226 valence electrons. The third-order valence-electron chi connectivity index (χ3n) is 6.31. The molecule has 0 fully saturated rings. The number of hydrogen-bond acceptors (Lipinski definition) is 9.